The van der Waals surface area contributed by atoms with Crippen molar-refractivity contribution in [3.8, 4) is 0 Å². The largest absolute Gasteiger partial charge is 0.371 e. The number of rotatable bonds is 5. The Morgan fingerprint density at radius 2 is 2.27 bits per heavy atom. The van der Waals surface area contributed by atoms with E-state index in [-0.39, 0.29) is 5.78 Å². The predicted molar refractivity (Wildman–Crippen MR) is 57.9 cm³/mol. The lowest BCUT2D eigenvalue weighted by molar-refractivity contribution is 0.0218. The fourth-order valence-electron chi connectivity index (χ4n) is 1.32. The van der Waals surface area contributed by atoms with Crippen molar-refractivity contribution in [1.29, 1.82) is 0 Å². The van der Waals surface area contributed by atoms with E-state index in [2.05, 4.69) is 12.0 Å². The Balaban J connectivity index is 2.96. The molecule has 0 radical (unpaired) electrons. The van der Waals surface area contributed by atoms with Crippen molar-refractivity contribution in [3.63, 3.8) is 0 Å². The Morgan fingerprint density at radius 3 is 2.80 bits per heavy atom. The van der Waals surface area contributed by atoms with Crippen LogP contribution in [0.1, 0.15) is 37.7 Å². The highest BCUT2D eigenvalue weighted by atomic mass is 16.5. The van der Waals surface area contributed by atoms with Crippen molar-refractivity contribution < 1.29 is 9.53 Å². The van der Waals surface area contributed by atoms with Gasteiger partial charge in [0, 0.05) is 19.9 Å². The van der Waals surface area contributed by atoms with E-state index in [1.54, 1.807) is 37.9 Å². The van der Waals surface area contributed by atoms with Crippen LogP contribution >= 0.6 is 0 Å². The number of hydrogen-bond donors (Lipinski definition) is 0. The van der Waals surface area contributed by atoms with Gasteiger partial charge in [-0.15, -0.1) is 0 Å². The van der Waals surface area contributed by atoms with Gasteiger partial charge in [0.2, 0.25) is 5.78 Å². The summed E-state index contributed by atoms with van der Waals surface area (Å²) in [5.74, 6) is -0.0315. The van der Waals surface area contributed by atoms with E-state index >= 15 is 0 Å². The van der Waals surface area contributed by atoms with Gasteiger partial charge in [0.1, 0.15) is 11.3 Å². The third kappa shape index (κ3) is 2.45. The molecule has 84 valence electrons. The van der Waals surface area contributed by atoms with Crippen LogP contribution in [-0.4, -0.2) is 28.3 Å². The fraction of sp³-hybridized carbons (Fsp3) is 0.636. The zero-order valence-electron chi connectivity index (χ0n) is 9.78. The molecule has 0 aliphatic carbocycles. The minimum Gasteiger partial charge on any atom is -0.371 e. The number of ketones is 1. The van der Waals surface area contributed by atoms with E-state index in [0.717, 1.165) is 13.0 Å². The molecule has 0 aliphatic rings. The molecule has 1 aromatic rings. The highest BCUT2D eigenvalue weighted by molar-refractivity contribution is 6.00. The highest BCUT2D eigenvalue weighted by Gasteiger charge is 2.30. The molecule has 1 aromatic heterocycles. The summed E-state index contributed by atoms with van der Waals surface area (Å²) < 4.78 is 6.89. The molecule has 0 spiro atoms. The zero-order chi connectivity index (χ0) is 11.5. The summed E-state index contributed by atoms with van der Waals surface area (Å²) in [6, 6.07) is 1.73. The lowest BCUT2D eigenvalue weighted by Gasteiger charge is -2.21. The van der Waals surface area contributed by atoms with Gasteiger partial charge in [-0.05, 0) is 26.3 Å². The van der Waals surface area contributed by atoms with Gasteiger partial charge in [0.05, 0.1) is 0 Å². The summed E-state index contributed by atoms with van der Waals surface area (Å²) >= 11 is 0. The lowest BCUT2D eigenvalue weighted by Crippen LogP contribution is -2.35. The number of Topliss-reactive ketones (excluding diaryl/α,β-unsaturated/α-hetero) is 1. The molecule has 1 rings (SSSR count). The van der Waals surface area contributed by atoms with Crippen molar-refractivity contribution in [2.75, 3.05) is 7.11 Å². The van der Waals surface area contributed by atoms with Crippen molar-refractivity contribution in [2.24, 2.45) is 0 Å². The predicted octanol–water partition coefficient (Wildman–Crippen LogP) is 1.90. The minimum atomic E-state index is -0.786. The Morgan fingerprint density at radius 1 is 1.60 bits per heavy atom. The first-order valence-electron chi connectivity index (χ1n) is 5.14. The van der Waals surface area contributed by atoms with Crippen LogP contribution in [0.25, 0.3) is 0 Å². The number of ether oxygens (including phenoxy) is 1. The van der Waals surface area contributed by atoms with Crippen molar-refractivity contribution in [3.05, 3.63) is 18.0 Å². The van der Waals surface area contributed by atoms with Crippen LogP contribution in [0.5, 0.6) is 0 Å². The third-order valence-corrected chi connectivity index (χ3v) is 2.44. The van der Waals surface area contributed by atoms with Crippen molar-refractivity contribution >= 4 is 5.78 Å². The van der Waals surface area contributed by atoms with Gasteiger partial charge in [0.25, 0.3) is 0 Å². The molecule has 0 amide bonds. The SMILES string of the molecule is CCCn1nccc1C(=O)C(C)(C)OC. The average Bonchev–Trinajstić information content (AvgIpc) is 2.65. The maximum atomic E-state index is 12.1. The Bertz CT molecular complexity index is 342. The van der Waals surface area contributed by atoms with Gasteiger partial charge in [-0.3, -0.25) is 9.48 Å². The second-order valence-corrected chi connectivity index (χ2v) is 3.98. The maximum absolute atomic E-state index is 12.1. The van der Waals surface area contributed by atoms with E-state index in [4.69, 9.17) is 4.74 Å². The molecular weight excluding hydrogens is 192 g/mol. The van der Waals surface area contributed by atoms with E-state index in [1.165, 1.54) is 0 Å². The molecule has 0 saturated carbocycles. The number of hydrogen-bond acceptors (Lipinski definition) is 3. The quantitative estimate of drug-likeness (QED) is 0.697. The Hall–Kier alpha value is -1.16. The van der Waals surface area contributed by atoms with Crippen LogP contribution in [-0.2, 0) is 11.3 Å². The standard InChI is InChI=1S/C11H18N2O2/c1-5-8-13-9(6-7-12-13)10(14)11(2,3)15-4/h6-7H,5,8H2,1-4H3. The number of carbonyl (C=O) groups is 1. The van der Waals surface area contributed by atoms with E-state index in [0.29, 0.717) is 5.69 Å². The first-order valence-corrected chi connectivity index (χ1v) is 5.14. The number of aromatic nitrogens is 2. The summed E-state index contributed by atoms with van der Waals surface area (Å²) in [6.45, 7) is 6.34. The molecule has 15 heavy (non-hydrogen) atoms. The first kappa shape index (κ1) is 11.9. The van der Waals surface area contributed by atoms with E-state index in [1.807, 2.05) is 0 Å². The van der Waals surface area contributed by atoms with Gasteiger partial charge < -0.3 is 4.74 Å². The van der Waals surface area contributed by atoms with E-state index < -0.39 is 5.60 Å². The van der Waals surface area contributed by atoms with Gasteiger partial charge in [-0.1, -0.05) is 6.92 Å². The molecule has 0 aliphatic heterocycles. The molecule has 0 bridgehead atoms. The summed E-state index contributed by atoms with van der Waals surface area (Å²) in [5.41, 5.74) is -0.172. The molecular formula is C11H18N2O2. The molecule has 0 unspecified atom stereocenters. The third-order valence-electron chi connectivity index (χ3n) is 2.44. The molecule has 0 saturated heterocycles. The molecule has 0 fully saturated rings. The summed E-state index contributed by atoms with van der Waals surface area (Å²) in [7, 11) is 1.54. The Labute approximate surface area is 90.2 Å². The summed E-state index contributed by atoms with van der Waals surface area (Å²) in [6.07, 6.45) is 2.60. The molecule has 0 aromatic carbocycles. The number of aryl methyl sites for hydroxylation is 1. The lowest BCUT2D eigenvalue weighted by atomic mass is 10.0. The molecule has 0 atom stereocenters. The van der Waals surface area contributed by atoms with Crippen LogP contribution in [0.2, 0.25) is 0 Å². The van der Waals surface area contributed by atoms with Crippen molar-refractivity contribution in [2.45, 2.75) is 39.3 Å². The number of nitrogens with zero attached hydrogens (tertiary/aromatic N) is 2. The van der Waals surface area contributed by atoms with Gasteiger partial charge in [-0.2, -0.15) is 5.10 Å². The van der Waals surface area contributed by atoms with Crippen LogP contribution < -0.4 is 0 Å². The summed E-state index contributed by atoms with van der Waals surface area (Å²) in [5, 5.41) is 4.12. The fourth-order valence-corrected chi connectivity index (χ4v) is 1.32. The molecule has 0 N–H and O–H groups in total. The maximum Gasteiger partial charge on any atom is 0.211 e. The van der Waals surface area contributed by atoms with Gasteiger partial charge in [0.15, 0.2) is 0 Å². The highest BCUT2D eigenvalue weighted by Crippen LogP contribution is 2.16. The second kappa shape index (κ2) is 4.57. The van der Waals surface area contributed by atoms with E-state index in [9.17, 15) is 4.79 Å². The second-order valence-electron chi connectivity index (χ2n) is 3.98. The Kier molecular flexibility index (Phi) is 3.63. The van der Waals surface area contributed by atoms with Gasteiger partial charge >= 0.3 is 0 Å². The number of methoxy groups -OCH3 is 1. The number of carbonyl (C=O) groups excluding carboxylic acids is 1. The van der Waals surface area contributed by atoms with Crippen LogP contribution in [0, 0.1) is 0 Å². The first-order chi connectivity index (χ1) is 7.03. The molecule has 4 heteroatoms. The zero-order valence-corrected chi connectivity index (χ0v) is 9.78. The smallest absolute Gasteiger partial charge is 0.211 e. The topological polar surface area (TPSA) is 44.1 Å². The molecule has 4 nitrogen and oxygen atoms in total. The van der Waals surface area contributed by atoms with Crippen LogP contribution in [0.4, 0.5) is 0 Å². The van der Waals surface area contributed by atoms with Crippen LogP contribution in [0.3, 0.4) is 0 Å². The monoisotopic (exact) mass is 210 g/mol. The van der Waals surface area contributed by atoms with Crippen molar-refractivity contribution in [1.82, 2.24) is 9.78 Å². The average molecular weight is 210 g/mol. The van der Waals surface area contributed by atoms with Crippen LogP contribution in [0.15, 0.2) is 12.3 Å². The normalized spacial score (nSPS) is 11.7. The summed E-state index contributed by atoms with van der Waals surface area (Å²) in [4.78, 5) is 12.1. The molecule has 1 heterocycles. The van der Waals surface area contributed by atoms with Gasteiger partial charge in [-0.25, -0.2) is 0 Å². The minimum absolute atomic E-state index is 0.0315.